The summed E-state index contributed by atoms with van der Waals surface area (Å²) >= 11 is 9.12. The van der Waals surface area contributed by atoms with Crippen LogP contribution in [0, 0.1) is 5.92 Å². The van der Waals surface area contributed by atoms with E-state index in [0.717, 1.165) is 0 Å². The Morgan fingerprint density at radius 1 is 1.29 bits per heavy atom. The fourth-order valence-corrected chi connectivity index (χ4v) is 4.27. The number of halogens is 2. The number of sulfone groups is 1. The molecule has 9 heteroatoms. The molecule has 2 rings (SSSR count). The van der Waals surface area contributed by atoms with Crippen LogP contribution in [0.2, 0.25) is 5.02 Å². The Bertz CT molecular complexity index is 692. The van der Waals surface area contributed by atoms with E-state index in [1.807, 2.05) is 0 Å². The fourth-order valence-electron chi connectivity index (χ4n) is 1.96. The van der Waals surface area contributed by atoms with Gasteiger partial charge in [-0.2, -0.15) is 0 Å². The Hall–Kier alpha value is -1.12. The Kier molecular flexibility index (Phi) is 4.90. The SMILES string of the molecule is O=C(NNC(=O)[C@H]1CCS(=O)(=O)C1)c1cc(Br)ccc1Cl. The normalized spacial score (nSPS) is 20.0. The van der Waals surface area contributed by atoms with Crippen molar-refractivity contribution < 1.29 is 18.0 Å². The summed E-state index contributed by atoms with van der Waals surface area (Å²) in [6.07, 6.45) is 0.266. The molecule has 1 aliphatic heterocycles. The number of hydrogen-bond acceptors (Lipinski definition) is 4. The third-order valence-corrected chi connectivity index (χ3v) is 5.67. The van der Waals surface area contributed by atoms with Gasteiger partial charge in [-0.3, -0.25) is 20.4 Å². The van der Waals surface area contributed by atoms with Gasteiger partial charge in [-0.25, -0.2) is 8.42 Å². The van der Waals surface area contributed by atoms with Gasteiger partial charge >= 0.3 is 0 Å². The van der Waals surface area contributed by atoms with Crippen molar-refractivity contribution in [3.8, 4) is 0 Å². The van der Waals surface area contributed by atoms with Crippen molar-refractivity contribution in [3.63, 3.8) is 0 Å². The van der Waals surface area contributed by atoms with Crippen LogP contribution in [-0.4, -0.2) is 31.7 Å². The van der Waals surface area contributed by atoms with Crippen LogP contribution in [0.3, 0.4) is 0 Å². The van der Waals surface area contributed by atoms with Crippen LogP contribution >= 0.6 is 27.5 Å². The molecule has 0 unspecified atom stereocenters. The highest BCUT2D eigenvalue weighted by atomic mass is 79.9. The van der Waals surface area contributed by atoms with Crippen molar-refractivity contribution >= 4 is 49.2 Å². The first-order valence-corrected chi connectivity index (χ1v) is 9.03. The van der Waals surface area contributed by atoms with Crippen molar-refractivity contribution in [1.29, 1.82) is 0 Å². The standard InChI is InChI=1S/C12H12BrClN2O4S/c13-8-1-2-10(14)9(5-8)12(18)16-15-11(17)7-3-4-21(19,20)6-7/h1-2,5,7H,3-4,6H2,(H,15,17)(H,16,18)/t7-/m0/s1. The molecule has 0 radical (unpaired) electrons. The lowest BCUT2D eigenvalue weighted by Crippen LogP contribution is -2.44. The molecule has 2 amide bonds. The summed E-state index contributed by atoms with van der Waals surface area (Å²) in [6.45, 7) is 0. The summed E-state index contributed by atoms with van der Waals surface area (Å²) < 4.78 is 23.3. The maximum Gasteiger partial charge on any atom is 0.271 e. The third-order valence-electron chi connectivity index (χ3n) is 3.08. The highest BCUT2D eigenvalue weighted by molar-refractivity contribution is 9.10. The molecule has 1 atom stereocenters. The molecule has 114 valence electrons. The van der Waals surface area contributed by atoms with Crippen molar-refractivity contribution in [3.05, 3.63) is 33.3 Å². The van der Waals surface area contributed by atoms with Gasteiger partial charge in [0.2, 0.25) is 5.91 Å². The molecule has 0 spiro atoms. The largest absolute Gasteiger partial charge is 0.273 e. The Labute approximate surface area is 135 Å². The third kappa shape index (κ3) is 4.18. The topological polar surface area (TPSA) is 92.3 Å². The quantitative estimate of drug-likeness (QED) is 0.738. The van der Waals surface area contributed by atoms with Crippen molar-refractivity contribution in [2.75, 3.05) is 11.5 Å². The number of benzene rings is 1. The maximum atomic E-state index is 11.9. The van der Waals surface area contributed by atoms with E-state index >= 15 is 0 Å². The van der Waals surface area contributed by atoms with Crippen LogP contribution < -0.4 is 10.9 Å². The predicted molar refractivity (Wildman–Crippen MR) is 81.5 cm³/mol. The van der Waals surface area contributed by atoms with Gasteiger partial charge in [0.25, 0.3) is 5.91 Å². The Balaban J connectivity index is 1.95. The number of carbonyl (C=O) groups is 2. The summed E-state index contributed by atoms with van der Waals surface area (Å²) in [6, 6.07) is 4.75. The zero-order chi connectivity index (χ0) is 15.6. The molecular formula is C12H12BrClN2O4S. The average Bonchev–Trinajstić information content (AvgIpc) is 2.79. The van der Waals surface area contributed by atoms with E-state index < -0.39 is 27.6 Å². The number of nitrogens with one attached hydrogen (secondary N) is 2. The minimum Gasteiger partial charge on any atom is -0.273 e. The lowest BCUT2D eigenvalue weighted by Gasteiger charge is -2.11. The molecule has 1 heterocycles. The first-order valence-electron chi connectivity index (χ1n) is 6.04. The molecule has 2 N–H and O–H groups in total. The molecule has 0 bridgehead atoms. The lowest BCUT2D eigenvalue weighted by molar-refractivity contribution is -0.125. The lowest BCUT2D eigenvalue weighted by atomic mass is 10.1. The van der Waals surface area contributed by atoms with Crippen LogP contribution in [0.4, 0.5) is 0 Å². The number of hydrazine groups is 1. The highest BCUT2D eigenvalue weighted by Crippen LogP contribution is 2.21. The van der Waals surface area contributed by atoms with Gasteiger partial charge in [-0.05, 0) is 24.6 Å². The fraction of sp³-hybridized carbons (Fsp3) is 0.333. The minimum atomic E-state index is -3.14. The highest BCUT2D eigenvalue weighted by Gasteiger charge is 2.33. The van der Waals surface area contributed by atoms with Gasteiger partial charge in [0.15, 0.2) is 9.84 Å². The zero-order valence-corrected chi connectivity index (χ0v) is 13.9. The van der Waals surface area contributed by atoms with E-state index in [1.54, 1.807) is 12.1 Å². The summed E-state index contributed by atoms with van der Waals surface area (Å²) in [4.78, 5) is 23.7. The Morgan fingerprint density at radius 3 is 2.62 bits per heavy atom. The summed E-state index contributed by atoms with van der Waals surface area (Å²) in [7, 11) is -3.14. The monoisotopic (exact) mass is 394 g/mol. The van der Waals surface area contributed by atoms with Gasteiger partial charge in [0.1, 0.15) is 0 Å². The van der Waals surface area contributed by atoms with Gasteiger partial charge < -0.3 is 0 Å². The number of carbonyl (C=O) groups excluding carboxylic acids is 2. The van der Waals surface area contributed by atoms with Crippen LogP contribution in [0.25, 0.3) is 0 Å². The second-order valence-corrected chi connectivity index (χ2v) is 8.22. The molecule has 0 aromatic heterocycles. The van der Waals surface area contributed by atoms with E-state index in [0.29, 0.717) is 4.47 Å². The first kappa shape index (κ1) is 16.3. The minimum absolute atomic E-state index is 0.00348. The van der Waals surface area contributed by atoms with E-state index in [9.17, 15) is 18.0 Å². The summed E-state index contributed by atoms with van der Waals surface area (Å²) in [5.41, 5.74) is 4.66. The molecule has 6 nitrogen and oxygen atoms in total. The average molecular weight is 396 g/mol. The van der Waals surface area contributed by atoms with E-state index in [4.69, 9.17) is 11.6 Å². The molecule has 1 aromatic rings. The van der Waals surface area contributed by atoms with Gasteiger partial charge in [0.05, 0.1) is 28.0 Å². The summed E-state index contributed by atoms with van der Waals surface area (Å²) in [5, 5.41) is 0.244. The molecule has 1 saturated heterocycles. The number of amides is 2. The second kappa shape index (κ2) is 6.33. The summed E-state index contributed by atoms with van der Waals surface area (Å²) in [5.74, 6) is -1.91. The van der Waals surface area contributed by atoms with E-state index in [-0.39, 0.29) is 28.5 Å². The van der Waals surface area contributed by atoms with E-state index in [1.165, 1.54) is 6.07 Å². The molecule has 0 saturated carbocycles. The van der Waals surface area contributed by atoms with Crippen molar-refractivity contribution in [2.45, 2.75) is 6.42 Å². The predicted octanol–water partition coefficient (Wildman–Crippen LogP) is 1.30. The van der Waals surface area contributed by atoms with Gasteiger partial charge in [-0.15, -0.1) is 0 Å². The molecule has 21 heavy (non-hydrogen) atoms. The van der Waals surface area contributed by atoms with Gasteiger partial charge in [-0.1, -0.05) is 27.5 Å². The van der Waals surface area contributed by atoms with E-state index in [2.05, 4.69) is 26.8 Å². The van der Waals surface area contributed by atoms with Crippen LogP contribution in [0.5, 0.6) is 0 Å². The van der Waals surface area contributed by atoms with Crippen molar-refractivity contribution in [2.24, 2.45) is 5.92 Å². The maximum absolute atomic E-state index is 11.9. The number of hydrogen-bond donors (Lipinski definition) is 2. The molecule has 1 aliphatic rings. The Morgan fingerprint density at radius 2 is 2.00 bits per heavy atom. The van der Waals surface area contributed by atoms with Crippen LogP contribution in [0.1, 0.15) is 16.8 Å². The zero-order valence-electron chi connectivity index (χ0n) is 10.7. The first-order chi connectivity index (χ1) is 9.78. The molecule has 1 aromatic carbocycles. The number of rotatable bonds is 2. The van der Waals surface area contributed by atoms with Crippen molar-refractivity contribution in [1.82, 2.24) is 10.9 Å². The molecule has 0 aliphatic carbocycles. The molecular weight excluding hydrogens is 384 g/mol. The smallest absolute Gasteiger partial charge is 0.271 e. The van der Waals surface area contributed by atoms with Crippen LogP contribution in [-0.2, 0) is 14.6 Å². The molecule has 1 fully saturated rings. The van der Waals surface area contributed by atoms with Gasteiger partial charge in [0, 0.05) is 4.47 Å². The van der Waals surface area contributed by atoms with Crippen LogP contribution in [0.15, 0.2) is 22.7 Å². The second-order valence-electron chi connectivity index (χ2n) is 4.67.